The van der Waals surface area contributed by atoms with Crippen molar-refractivity contribution in [2.75, 3.05) is 46.9 Å². The number of carbonyl (C=O) groups excluding carboxylic acids is 1. The van der Waals surface area contributed by atoms with Crippen molar-refractivity contribution < 1.29 is 9.53 Å². The molecule has 1 saturated heterocycles. The number of halogens is 1. The molecule has 0 bridgehead atoms. The Morgan fingerprint density at radius 3 is 2.37 bits per heavy atom. The summed E-state index contributed by atoms with van der Waals surface area (Å²) in [5.41, 5.74) is 0.711. The average molecular weight is 531 g/mol. The first-order valence-corrected chi connectivity index (χ1v) is 10.5. The van der Waals surface area contributed by atoms with Crippen molar-refractivity contribution in [1.29, 1.82) is 0 Å². The highest BCUT2D eigenvalue weighted by atomic mass is 127. The van der Waals surface area contributed by atoms with Crippen LogP contribution in [0.25, 0.3) is 0 Å². The monoisotopic (exact) mass is 531 g/mol. The molecule has 0 saturated carbocycles. The summed E-state index contributed by atoms with van der Waals surface area (Å²) in [6, 6.07) is 8.58. The van der Waals surface area contributed by atoms with Crippen LogP contribution in [-0.4, -0.2) is 63.6 Å². The number of amides is 1. The average Bonchev–Trinajstić information content (AvgIpc) is 3.26. The second kappa shape index (κ2) is 13.0. The predicted octanol–water partition coefficient (Wildman–Crippen LogP) is 2.78. The molecule has 1 unspecified atom stereocenters. The molecular formula is C22H38IN5O2. The summed E-state index contributed by atoms with van der Waals surface area (Å²) >= 11 is 0. The van der Waals surface area contributed by atoms with Crippen molar-refractivity contribution >= 4 is 35.8 Å². The van der Waals surface area contributed by atoms with Crippen LogP contribution < -0.4 is 20.7 Å². The molecule has 1 amide bonds. The van der Waals surface area contributed by atoms with E-state index >= 15 is 0 Å². The minimum Gasteiger partial charge on any atom is -0.497 e. The van der Waals surface area contributed by atoms with Crippen LogP contribution >= 0.6 is 24.0 Å². The van der Waals surface area contributed by atoms with Crippen LogP contribution in [0.1, 0.15) is 45.2 Å². The van der Waals surface area contributed by atoms with Crippen LogP contribution in [0.4, 0.5) is 0 Å². The van der Waals surface area contributed by atoms with E-state index in [1.807, 2.05) is 32.9 Å². The number of benzene rings is 1. The molecule has 0 aromatic heterocycles. The largest absolute Gasteiger partial charge is 0.497 e. The van der Waals surface area contributed by atoms with Gasteiger partial charge in [-0.25, -0.2) is 0 Å². The zero-order valence-electron chi connectivity index (χ0n) is 19.0. The lowest BCUT2D eigenvalue weighted by molar-refractivity contribution is -0.128. The minimum atomic E-state index is -0.554. The normalized spacial score (nSPS) is 15.8. The molecule has 1 aromatic rings. The van der Waals surface area contributed by atoms with E-state index in [0.29, 0.717) is 6.54 Å². The third-order valence-corrected chi connectivity index (χ3v) is 5.36. The zero-order valence-corrected chi connectivity index (χ0v) is 21.3. The van der Waals surface area contributed by atoms with Gasteiger partial charge in [-0.3, -0.25) is 14.7 Å². The lowest BCUT2D eigenvalue weighted by Crippen LogP contribution is -2.44. The van der Waals surface area contributed by atoms with Crippen molar-refractivity contribution in [2.45, 2.75) is 39.7 Å². The fourth-order valence-corrected chi connectivity index (χ4v) is 3.56. The molecule has 1 aromatic carbocycles. The van der Waals surface area contributed by atoms with Gasteiger partial charge in [-0.1, -0.05) is 12.1 Å². The maximum Gasteiger partial charge on any atom is 0.227 e. The molecule has 7 nitrogen and oxygen atoms in total. The molecular weight excluding hydrogens is 493 g/mol. The molecule has 2 rings (SSSR count). The first-order chi connectivity index (χ1) is 13.9. The fraction of sp³-hybridized carbons (Fsp3) is 0.636. The minimum absolute atomic E-state index is 0. The Morgan fingerprint density at radius 1 is 1.20 bits per heavy atom. The molecule has 0 spiro atoms. The Kier molecular flexibility index (Phi) is 11.5. The third kappa shape index (κ3) is 7.61. The molecule has 1 aliphatic heterocycles. The maximum absolute atomic E-state index is 12.0. The summed E-state index contributed by atoms with van der Waals surface area (Å²) < 4.78 is 5.31. The van der Waals surface area contributed by atoms with Crippen molar-refractivity contribution in [3.8, 4) is 5.75 Å². The summed E-state index contributed by atoms with van der Waals surface area (Å²) in [6.07, 6.45) is 2.47. The lowest BCUT2D eigenvalue weighted by Gasteiger charge is -2.29. The summed E-state index contributed by atoms with van der Waals surface area (Å²) in [6.45, 7) is 10.0. The highest BCUT2D eigenvalue weighted by molar-refractivity contribution is 14.0. The quantitative estimate of drug-likeness (QED) is 0.260. The Morgan fingerprint density at radius 2 is 1.83 bits per heavy atom. The van der Waals surface area contributed by atoms with Gasteiger partial charge < -0.3 is 20.7 Å². The number of carbonyl (C=O) groups is 1. The van der Waals surface area contributed by atoms with Crippen LogP contribution in [0.15, 0.2) is 29.3 Å². The van der Waals surface area contributed by atoms with E-state index in [2.05, 4.69) is 38.0 Å². The van der Waals surface area contributed by atoms with Crippen molar-refractivity contribution in [3.05, 3.63) is 29.8 Å². The standard InChI is InChI=1S/C22H37N5O2.HI/c1-6-24-21(26-16-22(2,3)20(28)23-4)25-15-19(27-13-7-8-14-27)17-9-11-18(29-5)12-10-17;/h9-12,19H,6-8,13-16H2,1-5H3,(H,23,28)(H2,24,25,26);1H. The number of aliphatic imine (C=N–C) groups is 1. The second-order valence-electron chi connectivity index (χ2n) is 8.07. The Labute approximate surface area is 198 Å². The summed E-state index contributed by atoms with van der Waals surface area (Å²) in [5, 5.41) is 9.50. The van der Waals surface area contributed by atoms with E-state index in [-0.39, 0.29) is 35.9 Å². The molecule has 8 heteroatoms. The predicted molar refractivity (Wildman–Crippen MR) is 134 cm³/mol. The molecule has 0 aliphatic carbocycles. The number of rotatable bonds is 9. The van der Waals surface area contributed by atoms with Gasteiger partial charge in [-0.05, 0) is 64.4 Å². The molecule has 1 heterocycles. The van der Waals surface area contributed by atoms with Gasteiger partial charge in [-0.15, -0.1) is 24.0 Å². The third-order valence-electron chi connectivity index (χ3n) is 5.36. The highest BCUT2D eigenvalue weighted by Gasteiger charge is 2.27. The molecule has 30 heavy (non-hydrogen) atoms. The van der Waals surface area contributed by atoms with Crippen molar-refractivity contribution in [1.82, 2.24) is 20.9 Å². The number of ether oxygens (including phenoxy) is 1. The van der Waals surface area contributed by atoms with E-state index in [4.69, 9.17) is 4.74 Å². The number of hydrogen-bond acceptors (Lipinski definition) is 4. The highest BCUT2D eigenvalue weighted by Crippen LogP contribution is 2.26. The molecule has 1 aliphatic rings. The smallest absolute Gasteiger partial charge is 0.227 e. The van der Waals surface area contributed by atoms with E-state index in [1.54, 1.807) is 14.2 Å². The molecule has 1 atom stereocenters. The molecule has 0 radical (unpaired) electrons. The molecule has 1 fully saturated rings. The van der Waals surface area contributed by atoms with Crippen LogP contribution in [0.5, 0.6) is 5.75 Å². The van der Waals surface area contributed by atoms with Gasteiger partial charge in [0.1, 0.15) is 5.75 Å². The first kappa shape index (κ1) is 26.5. The lowest BCUT2D eigenvalue weighted by atomic mass is 9.93. The number of nitrogens with zero attached hydrogens (tertiary/aromatic N) is 2. The number of nitrogens with one attached hydrogen (secondary N) is 3. The van der Waals surface area contributed by atoms with E-state index in [0.717, 1.165) is 37.9 Å². The molecule has 3 N–H and O–H groups in total. The van der Waals surface area contributed by atoms with Crippen molar-refractivity contribution in [3.63, 3.8) is 0 Å². The second-order valence-corrected chi connectivity index (χ2v) is 8.07. The molecule has 170 valence electrons. The zero-order chi connectivity index (χ0) is 21.3. The summed E-state index contributed by atoms with van der Waals surface area (Å²) in [7, 11) is 3.35. The summed E-state index contributed by atoms with van der Waals surface area (Å²) in [5.74, 6) is 1.60. The van der Waals surface area contributed by atoms with Gasteiger partial charge in [0.15, 0.2) is 5.96 Å². The Bertz CT molecular complexity index is 673. The van der Waals surface area contributed by atoms with Gasteiger partial charge in [0.2, 0.25) is 5.91 Å². The van der Waals surface area contributed by atoms with Gasteiger partial charge in [-0.2, -0.15) is 0 Å². The van der Waals surface area contributed by atoms with Crippen LogP contribution in [0.2, 0.25) is 0 Å². The van der Waals surface area contributed by atoms with Crippen LogP contribution in [0, 0.1) is 5.41 Å². The van der Waals surface area contributed by atoms with Gasteiger partial charge in [0.05, 0.1) is 25.1 Å². The van der Waals surface area contributed by atoms with Gasteiger partial charge >= 0.3 is 0 Å². The number of hydrogen-bond donors (Lipinski definition) is 3. The number of guanidine groups is 1. The van der Waals surface area contributed by atoms with Gasteiger partial charge in [0.25, 0.3) is 0 Å². The van der Waals surface area contributed by atoms with E-state index in [1.165, 1.54) is 18.4 Å². The van der Waals surface area contributed by atoms with Crippen molar-refractivity contribution in [2.24, 2.45) is 10.4 Å². The van der Waals surface area contributed by atoms with E-state index < -0.39 is 5.41 Å². The maximum atomic E-state index is 12.0. The van der Waals surface area contributed by atoms with Crippen LogP contribution in [0.3, 0.4) is 0 Å². The summed E-state index contributed by atoms with van der Waals surface area (Å²) in [4.78, 5) is 19.2. The topological polar surface area (TPSA) is 78.0 Å². The number of methoxy groups -OCH3 is 1. The van der Waals surface area contributed by atoms with Crippen LogP contribution in [-0.2, 0) is 4.79 Å². The van der Waals surface area contributed by atoms with Gasteiger partial charge in [0, 0.05) is 20.1 Å². The Balaban J connectivity index is 0.00000450. The SMILES string of the molecule is CCNC(=NCC(C)(C)C(=O)NC)NCC(c1ccc(OC)cc1)N1CCCC1.I. The number of likely N-dealkylation sites (tertiary alicyclic amines) is 1. The van der Waals surface area contributed by atoms with E-state index in [9.17, 15) is 4.79 Å². The first-order valence-electron chi connectivity index (χ1n) is 10.5. The fourth-order valence-electron chi connectivity index (χ4n) is 3.56. The Hall–Kier alpha value is -1.55.